The Morgan fingerprint density at radius 3 is 2.77 bits per heavy atom. The number of sulfonamides is 1. The number of rotatable bonds is 5. The number of methoxy groups -OCH3 is 1. The van der Waals surface area contributed by atoms with Crippen LogP contribution < -0.4 is 10.1 Å². The summed E-state index contributed by atoms with van der Waals surface area (Å²) in [7, 11) is -2.04. The van der Waals surface area contributed by atoms with Gasteiger partial charge in [-0.25, -0.2) is 8.42 Å². The third-order valence-electron chi connectivity index (χ3n) is 5.20. The van der Waals surface area contributed by atoms with Gasteiger partial charge in [0, 0.05) is 24.7 Å². The zero-order valence-corrected chi connectivity index (χ0v) is 15.9. The lowest BCUT2D eigenvalue weighted by Gasteiger charge is -2.31. The normalized spacial score (nSPS) is 25.3. The van der Waals surface area contributed by atoms with Crippen LogP contribution in [0.1, 0.15) is 22.5 Å². The van der Waals surface area contributed by atoms with Gasteiger partial charge in [0.25, 0.3) is 5.91 Å². The van der Waals surface area contributed by atoms with Crippen LogP contribution >= 0.6 is 11.3 Å². The van der Waals surface area contributed by atoms with Gasteiger partial charge in [0.1, 0.15) is 5.75 Å². The maximum absolute atomic E-state index is 13.0. The summed E-state index contributed by atoms with van der Waals surface area (Å²) in [6, 6.07) is 10.2. The van der Waals surface area contributed by atoms with E-state index in [0.717, 1.165) is 6.42 Å². The molecule has 2 bridgehead atoms. The van der Waals surface area contributed by atoms with Crippen LogP contribution in [-0.4, -0.2) is 44.4 Å². The molecule has 26 heavy (non-hydrogen) atoms. The van der Waals surface area contributed by atoms with Crippen LogP contribution in [0.5, 0.6) is 5.75 Å². The Labute approximate surface area is 156 Å². The number of thiophene rings is 1. The van der Waals surface area contributed by atoms with Crippen LogP contribution in [0.3, 0.4) is 0 Å². The Balaban J connectivity index is 1.47. The number of amides is 1. The molecule has 1 N–H and O–H groups in total. The fourth-order valence-electron chi connectivity index (χ4n) is 3.93. The smallest absolute Gasteiger partial charge is 0.261 e. The summed E-state index contributed by atoms with van der Waals surface area (Å²) in [4.78, 5) is 13.2. The summed E-state index contributed by atoms with van der Waals surface area (Å²) < 4.78 is 32.7. The maximum Gasteiger partial charge on any atom is 0.261 e. The van der Waals surface area contributed by atoms with Gasteiger partial charge in [0.2, 0.25) is 10.0 Å². The lowest BCUT2D eigenvalue weighted by Crippen LogP contribution is -2.47. The number of carbonyl (C=O) groups is 1. The van der Waals surface area contributed by atoms with Crippen LogP contribution in [-0.2, 0) is 10.0 Å². The number of carbonyl (C=O) groups excluding carboxylic acids is 1. The van der Waals surface area contributed by atoms with E-state index in [0.29, 0.717) is 23.6 Å². The lowest BCUT2D eigenvalue weighted by molar-refractivity contribution is 0.0923. The molecule has 2 heterocycles. The van der Waals surface area contributed by atoms with E-state index >= 15 is 0 Å². The molecule has 1 amide bonds. The van der Waals surface area contributed by atoms with Crippen molar-refractivity contribution >= 4 is 27.3 Å². The summed E-state index contributed by atoms with van der Waals surface area (Å²) in [6.45, 7) is 0.444. The molecule has 2 fully saturated rings. The Hall–Kier alpha value is -1.90. The average Bonchev–Trinajstić information content (AvgIpc) is 3.38. The van der Waals surface area contributed by atoms with Crippen molar-refractivity contribution in [3.8, 4) is 5.75 Å². The Bertz CT molecular complexity index is 911. The third-order valence-corrected chi connectivity index (χ3v) is 7.98. The van der Waals surface area contributed by atoms with Gasteiger partial charge in [-0.1, -0.05) is 12.1 Å². The van der Waals surface area contributed by atoms with Gasteiger partial charge in [-0.05, 0) is 42.3 Å². The molecule has 1 saturated heterocycles. The highest BCUT2D eigenvalue weighted by molar-refractivity contribution is 7.89. The summed E-state index contributed by atoms with van der Waals surface area (Å²) >= 11 is 1.41. The van der Waals surface area contributed by atoms with Gasteiger partial charge >= 0.3 is 0 Å². The quantitative estimate of drug-likeness (QED) is 0.847. The molecular formula is C18H20N2O4S2. The Kier molecular flexibility index (Phi) is 4.50. The number of piperidine rings is 1. The van der Waals surface area contributed by atoms with Crippen molar-refractivity contribution in [2.24, 2.45) is 5.92 Å². The van der Waals surface area contributed by atoms with E-state index in [4.69, 9.17) is 4.74 Å². The van der Waals surface area contributed by atoms with Crippen molar-refractivity contribution in [3.05, 3.63) is 46.7 Å². The molecule has 0 unspecified atom stereocenters. The van der Waals surface area contributed by atoms with Crippen LogP contribution in [0, 0.1) is 5.92 Å². The molecule has 138 valence electrons. The van der Waals surface area contributed by atoms with Crippen molar-refractivity contribution in [1.82, 2.24) is 9.62 Å². The molecule has 1 aliphatic carbocycles. The minimum Gasteiger partial charge on any atom is -0.497 e. The number of benzene rings is 1. The highest BCUT2D eigenvalue weighted by Crippen LogP contribution is 2.41. The molecule has 1 aromatic heterocycles. The molecular weight excluding hydrogens is 372 g/mol. The summed E-state index contributed by atoms with van der Waals surface area (Å²) in [5.74, 6) is 0.612. The van der Waals surface area contributed by atoms with Crippen LogP contribution in [0.25, 0.3) is 0 Å². The van der Waals surface area contributed by atoms with Gasteiger partial charge in [0.15, 0.2) is 0 Å². The first-order chi connectivity index (χ1) is 12.5. The van der Waals surface area contributed by atoms with Crippen molar-refractivity contribution in [3.63, 3.8) is 0 Å². The minimum atomic E-state index is -3.55. The minimum absolute atomic E-state index is 0.0337. The van der Waals surface area contributed by atoms with Crippen molar-refractivity contribution in [2.45, 2.75) is 29.8 Å². The number of hydrogen-bond donors (Lipinski definition) is 1. The van der Waals surface area contributed by atoms with E-state index in [1.54, 1.807) is 34.6 Å². The molecule has 1 saturated carbocycles. The van der Waals surface area contributed by atoms with Gasteiger partial charge < -0.3 is 10.1 Å². The van der Waals surface area contributed by atoms with E-state index < -0.39 is 10.0 Å². The lowest BCUT2D eigenvalue weighted by atomic mass is 10.0. The molecule has 1 aliphatic heterocycles. The van der Waals surface area contributed by atoms with E-state index in [-0.39, 0.29) is 28.8 Å². The van der Waals surface area contributed by atoms with Gasteiger partial charge in [-0.15, -0.1) is 11.3 Å². The molecule has 6 nitrogen and oxygen atoms in total. The molecule has 0 radical (unpaired) electrons. The van der Waals surface area contributed by atoms with Crippen LogP contribution in [0.15, 0.2) is 46.7 Å². The maximum atomic E-state index is 13.0. The Morgan fingerprint density at radius 2 is 2.12 bits per heavy atom. The summed E-state index contributed by atoms with van der Waals surface area (Å²) in [6.07, 6.45) is 1.45. The number of nitrogens with zero attached hydrogens (tertiary/aromatic N) is 1. The SMILES string of the molecule is COc1cccc(S(=O)(=O)N2C[C@@H]3C[C@H]2C[C@@H]3NC(=O)c2cccs2)c1. The van der Waals surface area contributed by atoms with Crippen molar-refractivity contribution in [1.29, 1.82) is 0 Å². The average molecular weight is 393 g/mol. The van der Waals surface area contributed by atoms with E-state index in [1.807, 2.05) is 11.4 Å². The standard InChI is InChI=1S/C18H20N2O4S2/c1-24-14-4-2-5-15(10-14)26(22,23)20-11-12-8-13(20)9-16(12)19-18(21)17-6-3-7-25-17/h2-7,10,12-13,16H,8-9,11H2,1H3,(H,19,21)/t12-,13-,16-/m0/s1. The van der Waals surface area contributed by atoms with E-state index in [2.05, 4.69) is 5.32 Å². The highest BCUT2D eigenvalue weighted by Gasteiger charge is 2.49. The first-order valence-electron chi connectivity index (χ1n) is 8.49. The third kappa shape index (κ3) is 3.02. The first kappa shape index (κ1) is 17.5. The largest absolute Gasteiger partial charge is 0.497 e. The molecule has 0 spiro atoms. The molecule has 2 aliphatic rings. The number of hydrogen-bond acceptors (Lipinski definition) is 5. The topological polar surface area (TPSA) is 75.7 Å². The fraction of sp³-hybridized carbons (Fsp3) is 0.389. The Morgan fingerprint density at radius 1 is 1.27 bits per heavy atom. The van der Waals surface area contributed by atoms with Crippen molar-refractivity contribution in [2.75, 3.05) is 13.7 Å². The zero-order valence-electron chi connectivity index (χ0n) is 14.3. The number of ether oxygens (including phenoxy) is 1. The summed E-state index contributed by atoms with van der Waals surface area (Å²) in [5.41, 5.74) is 0. The predicted octanol–water partition coefficient (Wildman–Crippen LogP) is 2.34. The number of nitrogens with one attached hydrogen (secondary N) is 1. The molecule has 8 heteroatoms. The highest BCUT2D eigenvalue weighted by atomic mass is 32.2. The van der Waals surface area contributed by atoms with Crippen LogP contribution in [0.4, 0.5) is 0 Å². The van der Waals surface area contributed by atoms with E-state index in [9.17, 15) is 13.2 Å². The van der Waals surface area contributed by atoms with E-state index in [1.165, 1.54) is 18.4 Å². The first-order valence-corrected chi connectivity index (χ1v) is 10.8. The second-order valence-electron chi connectivity index (χ2n) is 6.70. The predicted molar refractivity (Wildman–Crippen MR) is 99.0 cm³/mol. The monoisotopic (exact) mass is 392 g/mol. The zero-order chi connectivity index (χ0) is 18.3. The second-order valence-corrected chi connectivity index (χ2v) is 9.53. The summed E-state index contributed by atoms with van der Waals surface area (Å²) in [5, 5.41) is 4.95. The number of fused-ring (bicyclic) bond motifs is 2. The fourth-order valence-corrected chi connectivity index (χ4v) is 6.29. The molecule has 2 aromatic rings. The van der Waals surface area contributed by atoms with Gasteiger partial charge in [-0.2, -0.15) is 4.31 Å². The van der Waals surface area contributed by atoms with Crippen LogP contribution in [0.2, 0.25) is 0 Å². The molecule has 3 atom stereocenters. The second kappa shape index (κ2) is 6.68. The molecule has 1 aromatic carbocycles. The van der Waals surface area contributed by atoms with Gasteiger partial charge in [-0.3, -0.25) is 4.79 Å². The van der Waals surface area contributed by atoms with Gasteiger partial charge in [0.05, 0.1) is 16.9 Å². The van der Waals surface area contributed by atoms with Crippen molar-refractivity contribution < 1.29 is 17.9 Å². The molecule has 4 rings (SSSR count).